The maximum atomic E-state index is 8.95. The fourth-order valence-electron chi connectivity index (χ4n) is 0.645. The van der Waals surface area contributed by atoms with Gasteiger partial charge in [0.1, 0.15) is 5.75 Å². The minimum Gasteiger partial charge on any atom is -0.508 e. The molecule has 0 aliphatic rings. The molecular formula is C9H14O2. The lowest BCUT2D eigenvalue weighted by Crippen LogP contribution is -1.80. The standard InChI is InChI=1S/C7H8O2.C2H6/c8-5-6-3-1-2-4-7(6)9;1-2/h1-4,8-9H,5H2;1-2H3. The van der Waals surface area contributed by atoms with E-state index in [1.165, 1.54) is 0 Å². The van der Waals surface area contributed by atoms with Crippen LogP contribution in [0, 0.1) is 0 Å². The molecule has 0 spiro atoms. The highest BCUT2D eigenvalue weighted by molar-refractivity contribution is 5.30. The van der Waals surface area contributed by atoms with E-state index in [0.717, 1.165) is 0 Å². The van der Waals surface area contributed by atoms with E-state index >= 15 is 0 Å². The molecule has 1 rings (SSSR count). The molecular weight excluding hydrogens is 140 g/mol. The molecule has 0 unspecified atom stereocenters. The van der Waals surface area contributed by atoms with Crippen molar-refractivity contribution >= 4 is 0 Å². The molecule has 0 fully saturated rings. The van der Waals surface area contributed by atoms with E-state index in [2.05, 4.69) is 0 Å². The Bertz CT molecular complexity index is 197. The van der Waals surface area contributed by atoms with Crippen LogP contribution < -0.4 is 0 Å². The van der Waals surface area contributed by atoms with Gasteiger partial charge in [0.25, 0.3) is 0 Å². The second-order valence-electron chi connectivity index (χ2n) is 1.79. The minimum atomic E-state index is -0.104. The third-order valence-electron chi connectivity index (χ3n) is 1.16. The van der Waals surface area contributed by atoms with Gasteiger partial charge in [-0.25, -0.2) is 0 Å². The lowest BCUT2D eigenvalue weighted by atomic mass is 10.2. The van der Waals surface area contributed by atoms with Gasteiger partial charge >= 0.3 is 0 Å². The average Bonchev–Trinajstić information content (AvgIpc) is 2.09. The molecule has 1 aromatic rings. The maximum absolute atomic E-state index is 8.95. The van der Waals surface area contributed by atoms with Crippen molar-refractivity contribution in [2.24, 2.45) is 0 Å². The Kier molecular flexibility index (Phi) is 5.21. The lowest BCUT2D eigenvalue weighted by molar-refractivity contribution is 0.275. The number of hydrogen-bond donors (Lipinski definition) is 2. The SMILES string of the molecule is CC.OCc1ccccc1O. The summed E-state index contributed by atoms with van der Waals surface area (Å²) in [4.78, 5) is 0. The van der Waals surface area contributed by atoms with Crippen molar-refractivity contribution in [2.75, 3.05) is 0 Å². The molecule has 0 saturated carbocycles. The Labute approximate surface area is 67.1 Å². The third kappa shape index (κ3) is 3.05. The van der Waals surface area contributed by atoms with E-state index in [1.54, 1.807) is 24.3 Å². The summed E-state index contributed by atoms with van der Waals surface area (Å²) in [5.74, 6) is 0.153. The summed E-state index contributed by atoms with van der Waals surface area (Å²) in [6.07, 6.45) is 0. The first kappa shape index (κ1) is 9.98. The van der Waals surface area contributed by atoms with Gasteiger partial charge in [-0.1, -0.05) is 32.0 Å². The Morgan fingerprint density at radius 3 is 2.09 bits per heavy atom. The molecule has 0 aliphatic carbocycles. The monoisotopic (exact) mass is 154 g/mol. The average molecular weight is 154 g/mol. The largest absolute Gasteiger partial charge is 0.508 e. The summed E-state index contributed by atoms with van der Waals surface area (Å²) in [6.45, 7) is 3.90. The van der Waals surface area contributed by atoms with Gasteiger partial charge in [-0.05, 0) is 6.07 Å². The van der Waals surface area contributed by atoms with Gasteiger partial charge in [-0.15, -0.1) is 0 Å². The predicted octanol–water partition coefficient (Wildman–Crippen LogP) is 1.91. The van der Waals surface area contributed by atoms with Crippen LogP contribution >= 0.6 is 0 Å². The van der Waals surface area contributed by atoms with E-state index in [1.807, 2.05) is 13.8 Å². The molecule has 0 saturated heterocycles. The molecule has 11 heavy (non-hydrogen) atoms. The van der Waals surface area contributed by atoms with Crippen molar-refractivity contribution in [3.63, 3.8) is 0 Å². The highest BCUT2D eigenvalue weighted by atomic mass is 16.3. The zero-order valence-electron chi connectivity index (χ0n) is 6.91. The Morgan fingerprint density at radius 1 is 1.18 bits per heavy atom. The second-order valence-corrected chi connectivity index (χ2v) is 1.79. The van der Waals surface area contributed by atoms with Crippen molar-refractivity contribution in [1.29, 1.82) is 0 Å². The van der Waals surface area contributed by atoms with E-state index in [0.29, 0.717) is 5.56 Å². The van der Waals surface area contributed by atoms with Gasteiger partial charge < -0.3 is 10.2 Å². The topological polar surface area (TPSA) is 40.5 Å². The molecule has 62 valence electrons. The number of aromatic hydroxyl groups is 1. The van der Waals surface area contributed by atoms with Crippen molar-refractivity contribution in [2.45, 2.75) is 20.5 Å². The minimum absolute atomic E-state index is 0.104. The summed E-state index contributed by atoms with van der Waals surface area (Å²) < 4.78 is 0. The third-order valence-corrected chi connectivity index (χ3v) is 1.16. The predicted molar refractivity (Wildman–Crippen MR) is 45.4 cm³/mol. The van der Waals surface area contributed by atoms with Crippen molar-refractivity contribution in [3.05, 3.63) is 29.8 Å². The lowest BCUT2D eigenvalue weighted by Gasteiger charge is -1.96. The molecule has 0 amide bonds. The van der Waals surface area contributed by atoms with Crippen LogP contribution in [0.2, 0.25) is 0 Å². The first-order chi connectivity index (χ1) is 5.34. The maximum Gasteiger partial charge on any atom is 0.121 e. The molecule has 2 N–H and O–H groups in total. The second kappa shape index (κ2) is 5.74. The van der Waals surface area contributed by atoms with E-state index in [-0.39, 0.29) is 12.4 Å². The molecule has 0 atom stereocenters. The van der Waals surface area contributed by atoms with E-state index < -0.39 is 0 Å². The van der Waals surface area contributed by atoms with Gasteiger partial charge in [0.05, 0.1) is 6.61 Å². The first-order valence-electron chi connectivity index (χ1n) is 3.72. The van der Waals surface area contributed by atoms with Crippen LogP contribution in [0.3, 0.4) is 0 Å². The summed E-state index contributed by atoms with van der Waals surface area (Å²) in [5.41, 5.74) is 0.567. The molecule has 0 radical (unpaired) electrons. The molecule has 2 heteroatoms. The van der Waals surface area contributed by atoms with Crippen molar-refractivity contribution in [1.82, 2.24) is 0 Å². The number of aliphatic hydroxyl groups is 1. The van der Waals surface area contributed by atoms with Crippen molar-refractivity contribution in [3.8, 4) is 5.75 Å². The highest BCUT2D eigenvalue weighted by Gasteiger charge is 1.93. The molecule has 0 heterocycles. The Morgan fingerprint density at radius 2 is 1.73 bits per heavy atom. The van der Waals surface area contributed by atoms with Gasteiger partial charge in [-0.2, -0.15) is 0 Å². The number of benzene rings is 1. The van der Waals surface area contributed by atoms with Crippen LogP contribution in [-0.2, 0) is 6.61 Å². The summed E-state index contributed by atoms with van der Waals surface area (Å²) >= 11 is 0. The van der Waals surface area contributed by atoms with E-state index in [4.69, 9.17) is 10.2 Å². The van der Waals surface area contributed by atoms with Gasteiger partial charge in [0.15, 0.2) is 0 Å². The van der Waals surface area contributed by atoms with Gasteiger partial charge in [-0.3, -0.25) is 0 Å². The number of aliphatic hydroxyl groups excluding tert-OH is 1. The van der Waals surface area contributed by atoms with Crippen molar-refractivity contribution < 1.29 is 10.2 Å². The molecule has 0 aromatic heterocycles. The zero-order valence-corrected chi connectivity index (χ0v) is 6.91. The Hall–Kier alpha value is -1.02. The fourth-order valence-corrected chi connectivity index (χ4v) is 0.645. The van der Waals surface area contributed by atoms with E-state index in [9.17, 15) is 0 Å². The van der Waals surface area contributed by atoms with Gasteiger partial charge in [0.2, 0.25) is 0 Å². The summed E-state index contributed by atoms with van der Waals surface area (Å²) in [7, 11) is 0. The van der Waals surface area contributed by atoms with Crippen LogP contribution in [0.25, 0.3) is 0 Å². The number of para-hydroxylation sites is 1. The summed E-state index contributed by atoms with van der Waals surface area (Å²) in [6, 6.07) is 6.71. The fraction of sp³-hybridized carbons (Fsp3) is 0.333. The highest BCUT2D eigenvalue weighted by Crippen LogP contribution is 2.14. The zero-order chi connectivity index (χ0) is 8.69. The molecule has 2 nitrogen and oxygen atoms in total. The van der Waals surface area contributed by atoms with Crippen LogP contribution in [-0.4, -0.2) is 10.2 Å². The summed E-state index contributed by atoms with van der Waals surface area (Å²) in [5, 5.41) is 17.5. The van der Waals surface area contributed by atoms with Gasteiger partial charge in [0, 0.05) is 5.56 Å². The number of hydrogen-bond acceptors (Lipinski definition) is 2. The number of phenols is 1. The van der Waals surface area contributed by atoms with Crippen LogP contribution in [0.1, 0.15) is 19.4 Å². The molecule has 1 aromatic carbocycles. The van der Waals surface area contributed by atoms with Crippen LogP contribution in [0.4, 0.5) is 0 Å². The molecule has 0 aliphatic heterocycles. The van der Waals surface area contributed by atoms with Crippen LogP contribution in [0.15, 0.2) is 24.3 Å². The normalized spacial score (nSPS) is 8.27. The quantitative estimate of drug-likeness (QED) is 0.648. The Balaban J connectivity index is 0.000000461. The molecule has 0 bridgehead atoms. The van der Waals surface area contributed by atoms with Crippen LogP contribution in [0.5, 0.6) is 5.75 Å². The smallest absolute Gasteiger partial charge is 0.121 e. The first-order valence-corrected chi connectivity index (χ1v) is 3.72. The number of rotatable bonds is 1.